The fraction of sp³-hybridized carbons (Fsp3) is 0.111. The third-order valence-corrected chi connectivity index (χ3v) is 1.38. The van der Waals surface area contributed by atoms with Crippen molar-refractivity contribution >= 4 is 13.3 Å². The summed E-state index contributed by atoms with van der Waals surface area (Å²) < 4.78 is 17.9. The predicted octanol–water partition coefficient (Wildman–Crippen LogP) is 0.649. The topological polar surface area (TPSA) is 9.23 Å². The van der Waals surface area contributed by atoms with Crippen LogP contribution >= 0.6 is 0 Å². The van der Waals surface area contributed by atoms with Crippen molar-refractivity contribution in [3.8, 4) is 5.75 Å². The molecule has 1 aromatic carbocycles. The Labute approximate surface area is 72.3 Å². The first-order valence-corrected chi connectivity index (χ1v) is 3.73. The summed E-state index contributed by atoms with van der Waals surface area (Å²) in [6, 6.07) is 4.60. The van der Waals surface area contributed by atoms with Crippen LogP contribution in [0.25, 0.3) is 0 Å². The van der Waals surface area contributed by atoms with Gasteiger partial charge in [-0.05, 0) is 12.1 Å². The van der Waals surface area contributed by atoms with E-state index < -0.39 is 0 Å². The Morgan fingerprint density at radius 1 is 1.50 bits per heavy atom. The zero-order chi connectivity index (χ0) is 8.97. The van der Waals surface area contributed by atoms with E-state index in [1.165, 1.54) is 12.1 Å². The van der Waals surface area contributed by atoms with E-state index in [1.807, 2.05) is 7.85 Å². The van der Waals surface area contributed by atoms with Crippen LogP contribution in [0.4, 0.5) is 4.39 Å². The van der Waals surface area contributed by atoms with E-state index in [2.05, 4.69) is 6.58 Å². The second-order valence-electron chi connectivity index (χ2n) is 2.56. The van der Waals surface area contributed by atoms with Crippen LogP contribution in [0, 0.1) is 5.82 Å². The summed E-state index contributed by atoms with van der Waals surface area (Å²) in [4.78, 5) is 0. The first-order chi connectivity index (χ1) is 5.72. The Balaban J connectivity index is 2.78. The molecule has 1 nitrogen and oxygen atoms in total. The van der Waals surface area contributed by atoms with Crippen LogP contribution in [0.2, 0.25) is 0 Å². The average molecular weight is 164 g/mol. The molecule has 0 amide bonds. The van der Waals surface area contributed by atoms with Crippen molar-refractivity contribution in [2.24, 2.45) is 0 Å². The van der Waals surface area contributed by atoms with Crippen LogP contribution < -0.4 is 10.2 Å². The molecule has 1 rings (SSSR count). The first kappa shape index (κ1) is 8.85. The van der Waals surface area contributed by atoms with Crippen LogP contribution in [0.3, 0.4) is 0 Å². The number of benzene rings is 1. The van der Waals surface area contributed by atoms with Gasteiger partial charge in [0.15, 0.2) is 0 Å². The molecule has 62 valence electrons. The van der Waals surface area contributed by atoms with Gasteiger partial charge in [-0.25, -0.2) is 4.39 Å². The molecule has 12 heavy (non-hydrogen) atoms. The quantitative estimate of drug-likeness (QED) is 0.470. The molecular formula is C9H10BFO. The number of halogens is 1. The van der Waals surface area contributed by atoms with Gasteiger partial charge in [-0.1, -0.05) is 18.1 Å². The fourth-order valence-electron chi connectivity index (χ4n) is 0.941. The molecule has 0 N–H and O–H groups in total. The molecule has 0 fully saturated rings. The maximum Gasteiger partial charge on any atom is 0.139 e. The largest absolute Gasteiger partial charge is 0.489 e. The van der Waals surface area contributed by atoms with Gasteiger partial charge in [-0.2, -0.15) is 0 Å². The molecule has 3 heteroatoms. The van der Waals surface area contributed by atoms with E-state index in [9.17, 15) is 4.39 Å². The van der Waals surface area contributed by atoms with Gasteiger partial charge in [-0.3, -0.25) is 0 Å². The van der Waals surface area contributed by atoms with Gasteiger partial charge in [0.2, 0.25) is 0 Å². The highest BCUT2D eigenvalue weighted by Gasteiger charge is 1.96. The molecule has 0 spiro atoms. The Bertz CT molecular complexity index is 266. The summed E-state index contributed by atoms with van der Waals surface area (Å²) in [7, 11) is 1.82. The number of hydrogen-bond acceptors (Lipinski definition) is 1. The minimum atomic E-state index is -0.269. The molecule has 0 aliphatic rings. The first-order valence-electron chi connectivity index (χ1n) is 3.73. The standard InChI is InChI=1S/C9H10BFO/c1-2-3-12-9-5-7(10)4-8(11)6-9/h2,4-6H,1,3,10H2. The Morgan fingerprint density at radius 3 is 2.83 bits per heavy atom. The van der Waals surface area contributed by atoms with E-state index in [0.29, 0.717) is 12.4 Å². The molecule has 0 heterocycles. The second kappa shape index (κ2) is 3.95. The van der Waals surface area contributed by atoms with Gasteiger partial charge < -0.3 is 4.74 Å². The van der Waals surface area contributed by atoms with Crippen LogP contribution in [0.15, 0.2) is 30.9 Å². The molecule has 0 aromatic heterocycles. The van der Waals surface area contributed by atoms with E-state index >= 15 is 0 Å². The van der Waals surface area contributed by atoms with Crippen LogP contribution in [0.1, 0.15) is 0 Å². The van der Waals surface area contributed by atoms with E-state index in [0.717, 1.165) is 5.46 Å². The minimum absolute atomic E-state index is 0.269. The zero-order valence-electron chi connectivity index (χ0n) is 7.01. The van der Waals surface area contributed by atoms with E-state index in [1.54, 1.807) is 12.1 Å². The normalized spacial score (nSPS) is 9.42. The van der Waals surface area contributed by atoms with Crippen LogP contribution in [0.5, 0.6) is 5.75 Å². The zero-order valence-corrected chi connectivity index (χ0v) is 7.01. The third kappa shape index (κ3) is 2.42. The minimum Gasteiger partial charge on any atom is -0.489 e. The molecule has 0 saturated carbocycles. The lowest BCUT2D eigenvalue weighted by atomic mass is 9.96. The number of hydrogen-bond donors (Lipinski definition) is 0. The summed E-state index contributed by atoms with van der Waals surface area (Å²) in [6.45, 7) is 3.91. The van der Waals surface area contributed by atoms with Gasteiger partial charge in [-0.15, -0.1) is 0 Å². The van der Waals surface area contributed by atoms with Crippen molar-refractivity contribution in [2.45, 2.75) is 0 Å². The van der Waals surface area contributed by atoms with E-state index in [-0.39, 0.29) is 5.82 Å². The lowest BCUT2D eigenvalue weighted by molar-refractivity contribution is 0.361. The summed E-state index contributed by atoms with van der Waals surface area (Å²) >= 11 is 0. The van der Waals surface area contributed by atoms with Crippen molar-refractivity contribution in [1.29, 1.82) is 0 Å². The molecule has 0 bridgehead atoms. The molecule has 0 aliphatic carbocycles. The predicted molar refractivity (Wildman–Crippen MR) is 50.3 cm³/mol. The second-order valence-corrected chi connectivity index (χ2v) is 2.56. The highest BCUT2D eigenvalue weighted by Crippen LogP contribution is 2.09. The molecule has 0 saturated heterocycles. The lowest BCUT2D eigenvalue weighted by Crippen LogP contribution is -2.04. The molecule has 0 unspecified atom stereocenters. The van der Waals surface area contributed by atoms with Crippen molar-refractivity contribution in [2.75, 3.05) is 6.61 Å². The van der Waals surface area contributed by atoms with Gasteiger partial charge in [0, 0.05) is 6.07 Å². The summed E-state index contributed by atoms with van der Waals surface area (Å²) in [5.41, 5.74) is 0.856. The highest BCUT2D eigenvalue weighted by atomic mass is 19.1. The number of rotatable bonds is 3. The van der Waals surface area contributed by atoms with Crippen molar-refractivity contribution in [1.82, 2.24) is 0 Å². The summed E-state index contributed by atoms with van der Waals surface area (Å²) in [6.07, 6.45) is 1.63. The lowest BCUT2D eigenvalue weighted by Gasteiger charge is -2.03. The summed E-state index contributed by atoms with van der Waals surface area (Å²) in [5, 5.41) is 0. The molecule has 0 aliphatic heterocycles. The Morgan fingerprint density at radius 2 is 2.25 bits per heavy atom. The van der Waals surface area contributed by atoms with E-state index in [4.69, 9.17) is 4.74 Å². The molecule has 0 radical (unpaired) electrons. The Kier molecular flexibility index (Phi) is 2.91. The van der Waals surface area contributed by atoms with Crippen molar-refractivity contribution in [3.05, 3.63) is 36.7 Å². The van der Waals surface area contributed by atoms with Crippen molar-refractivity contribution < 1.29 is 9.13 Å². The smallest absolute Gasteiger partial charge is 0.139 e. The van der Waals surface area contributed by atoms with Gasteiger partial charge >= 0.3 is 0 Å². The average Bonchev–Trinajstić information content (AvgIpc) is 1.99. The van der Waals surface area contributed by atoms with Crippen LogP contribution in [-0.4, -0.2) is 14.5 Å². The van der Waals surface area contributed by atoms with Crippen LogP contribution in [-0.2, 0) is 0 Å². The third-order valence-electron chi connectivity index (χ3n) is 1.38. The van der Waals surface area contributed by atoms with Gasteiger partial charge in [0.1, 0.15) is 26.0 Å². The summed E-state index contributed by atoms with van der Waals surface area (Å²) in [5.74, 6) is 0.279. The highest BCUT2D eigenvalue weighted by molar-refractivity contribution is 6.32. The number of ether oxygens (including phenoxy) is 1. The molecule has 1 aromatic rings. The van der Waals surface area contributed by atoms with Crippen molar-refractivity contribution in [3.63, 3.8) is 0 Å². The SMILES string of the molecule is Bc1cc(F)cc(OCC=C)c1. The molecule has 0 atom stereocenters. The Hall–Kier alpha value is -1.25. The van der Waals surface area contributed by atoms with Gasteiger partial charge in [0.05, 0.1) is 0 Å². The maximum atomic E-state index is 12.7. The maximum absolute atomic E-state index is 12.7. The van der Waals surface area contributed by atoms with Gasteiger partial charge in [0.25, 0.3) is 0 Å². The monoisotopic (exact) mass is 164 g/mol. The molecular weight excluding hydrogens is 154 g/mol. The fourth-order valence-corrected chi connectivity index (χ4v) is 0.941.